The summed E-state index contributed by atoms with van der Waals surface area (Å²) >= 11 is 3.01. The van der Waals surface area contributed by atoms with Crippen LogP contribution in [0.5, 0.6) is 0 Å². The number of halogens is 2. The Labute approximate surface area is 93.1 Å². The number of carbonyl (C=O) groups is 1. The Morgan fingerprint density at radius 2 is 2.00 bits per heavy atom. The van der Waals surface area contributed by atoms with Crippen LogP contribution in [0.3, 0.4) is 0 Å². The molecule has 0 aliphatic rings. The van der Waals surface area contributed by atoms with Gasteiger partial charge in [0.2, 0.25) is 0 Å². The van der Waals surface area contributed by atoms with Gasteiger partial charge in [0.15, 0.2) is 6.10 Å². The van der Waals surface area contributed by atoms with Crippen molar-refractivity contribution in [3.8, 4) is 0 Å². The van der Waals surface area contributed by atoms with Gasteiger partial charge in [-0.05, 0) is 12.1 Å². The minimum atomic E-state index is -2.04. The molecule has 0 bridgehead atoms. The predicted molar refractivity (Wildman–Crippen MR) is 52.7 cm³/mol. The van der Waals surface area contributed by atoms with Crippen LogP contribution in [0.15, 0.2) is 22.7 Å². The van der Waals surface area contributed by atoms with Crippen LogP contribution in [-0.2, 0) is 4.79 Å². The lowest BCUT2D eigenvalue weighted by Gasteiger charge is -2.14. The Morgan fingerprint density at radius 1 is 1.40 bits per heavy atom. The van der Waals surface area contributed by atoms with E-state index in [1.165, 1.54) is 12.1 Å². The average molecular weight is 279 g/mol. The molecule has 0 aromatic heterocycles. The van der Waals surface area contributed by atoms with Gasteiger partial charge in [0.05, 0.1) is 0 Å². The summed E-state index contributed by atoms with van der Waals surface area (Å²) in [5.41, 5.74) is -0.256. The van der Waals surface area contributed by atoms with Crippen molar-refractivity contribution < 1.29 is 24.5 Å². The van der Waals surface area contributed by atoms with Crippen LogP contribution in [0, 0.1) is 5.82 Å². The normalized spacial score (nSPS) is 14.7. The Hall–Kier alpha value is -0.980. The molecule has 0 saturated carbocycles. The molecule has 15 heavy (non-hydrogen) atoms. The lowest BCUT2D eigenvalue weighted by atomic mass is 10.0. The molecule has 2 atom stereocenters. The summed E-state index contributed by atoms with van der Waals surface area (Å²) < 4.78 is 13.7. The maximum Gasteiger partial charge on any atom is 0.335 e. The van der Waals surface area contributed by atoms with Crippen molar-refractivity contribution >= 4 is 21.9 Å². The first-order valence-electron chi connectivity index (χ1n) is 3.97. The Kier molecular flexibility index (Phi) is 3.78. The smallest absolute Gasteiger partial charge is 0.335 e. The van der Waals surface area contributed by atoms with Gasteiger partial charge in [0.1, 0.15) is 11.9 Å². The zero-order valence-electron chi connectivity index (χ0n) is 7.39. The molecule has 0 aliphatic carbocycles. The van der Waals surface area contributed by atoms with Crippen molar-refractivity contribution in [2.75, 3.05) is 0 Å². The van der Waals surface area contributed by atoms with E-state index in [1.807, 2.05) is 0 Å². The second-order valence-corrected chi connectivity index (χ2v) is 3.81. The van der Waals surface area contributed by atoms with E-state index >= 15 is 0 Å². The van der Waals surface area contributed by atoms with Gasteiger partial charge >= 0.3 is 5.97 Å². The van der Waals surface area contributed by atoms with Crippen molar-refractivity contribution in [3.05, 3.63) is 34.1 Å². The van der Waals surface area contributed by atoms with Crippen molar-refractivity contribution in [3.63, 3.8) is 0 Å². The molecule has 1 aromatic rings. The molecule has 0 radical (unpaired) electrons. The summed E-state index contributed by atoms with van der Waals surface area (Å²) in [4.78, 5) is 10.4. The topological polar surface area (TPSA) is 77.8 Å². The minimum Gasteiger partial charge on any atom is -0.479 e. The number of hydrogen-bond donors (Lipinski definition) is 3. The molecule has 0 spiro atoms. The van der Waals surface area contributed by atoms with E-state index in [4.69, 9.17) is 10.2 Å². The Balaban J connectivity index is 3.01. The zero-order chi connectivity index (χ0) is 11.6. The summed E-state index contributed by atoms with van der Waals surface area (Å²) in [5, 5.41) is 26.8. The number of aliphatic hydroxyl groups is 2. The van der Waals surface area contributed by atoms with Gasteiger partial charge in [0.25, 0.3) is 0 Å². The molecule has 3 N–H and O–H groups in total. The minimum absolute atomic E-state index is 0.256. The SMILES string of the molecule is O=C(O)C(O)C(O)c1ccc(Br)cc1F. The quantitative estimate of drug-likeness (QED) is 0.773. The van der Waals surface area contributed by atoms with Gasteiger partial charge in [-0.15, -0.1) is 0 Å². The summed E-state index contributed by atoms with van der Waals surface area (Å²) in [5.74, 6) is -2.39. The largest absolute Gasteiger partial charge is 0.479 e. The highest BCUT2D eigenvalue weighted by Gasteiger charge is 2.27. The van der Waals surface area contributed by atoms with E-state index in [9.17, 15) is 14.3 Å². The lowest BCUT2D eigenvalue weighted by molar-refractivity contribution is -0.153. The van der Waals surface area contributed by atoms with Gasteiger partial charge in [-0.25, -0.2) is 9.18 Å². The van der Waals surface area contributed by atoms with Crippen LogP contribution in [-0.4, -0.2) is 27.4 Å². The molecular weight excluding hydrogens is 271 g/mol. The Bertz CT molecular complexity index is 382. The third-order valence-electron chi connectivity index (χ3n) is 1.83. The fourth-order valence-corrected chi connectivity index (χ4v) is 1.38. The van der Waals surface area contributed by atoms with Crippen molar-refractivity contribution in [1.82, 2.24) is 0 Å². The average Bonchev–Trinajstić information content (AvgIpc) is 2.15. The highest BCUT2D eigenvalue weighted by molar-refractivity contribution is 9.10. The first-order valence-corrected chi connectivity index (χ1v) is 4.76. The maximum atomic E-state index is 13.2. The third-order valence-corrected chi connectivity index (χ3v) is 2.33. The van der Waals surface area contributed by atoms with Crippen LogP contribution < -0.4 is 0 Å². The summed E-state index contributed by atoms with van der Waals surface area (Å²) in [6, 6.07) is 3.72. The zero-order valence-corrected chi connectivity index (χ0v) is 8.98. The molecule has 4 nitrogen and oxygen atoms in total. The van der Waals surface area contributed by atoms with Crippen LogP contribution in [0.25, 0.3) is 0 Å². The molecule has 6 heteroatoms. The van der Waals surface area contributed by atoms with Crippen molar-refractivity contribution in [1.29, 1.82) is 0 Å². The molecule has 2 unspecified atom stereocenters. The number of aliphatic hydroxyl groups excluding tert-OH is 2. The van der Waals surface area contributed by atoms with Gasteiger partial charge in [-0.2, -0.15) is 0 Å². The first-order chi connectivity index (χ1) is 6.93. The summed E-state index contributed by atoms with van der Waals surface area (Å²) in [6.45, 7) is 0. The molecule has 1 rings (SSSR count). The highest BCUT2D eigenvalue weighted by atomic mass is 79.9. The van der Waals surface area contributed by atoms with Gasteiger partial charge in [-0.3, -0.25) is 0 Å². The fraction of sp³-hybridized carbons (Fsp3) is 0.222. The summed E-state index contributed by atoms with van der Waals surface area (Å²) in [6.07, 6.45) is -3.82. The van der Waals surface area contributed by atoms with E-state index in [0.717, 1.165) is 6.07 Å². The molecule has 0 aliphatic heterocycles. The van der Waals surface area contributed by atoms with E-state index in [0.29, 0.717) is 4.47 Å². The monoisotopic (exact) mass is 278 g/mol. The molecule has 0 saturated heterocycles. The van der Waals surface area contributed by atoms with E-state index < -0.39 is 24.0 Å². The van der Waals surface area contributed by atoms with Crippen LogP contribution in [0.2, 0.25) is 0 Å². The molecular formula is C9H8BrFO4. The molecule has 82 valence electrons. The number of carboxylic acids is 1. The van der Waals surface area contributed by atoms with Crippen molar-refractivity contribution in [2.24, 2.45) is 0 Å². The highest BCUT2D eigenvalue weighted by Crippen LogP contribution is 2.23. The lowest BCUT2D eigenvalue weighted by Crippen LogP contribution is -2.28. The molecule has 0 fully saturated rings. The van der Waals surface area contributed by atoms with Gasteiger partial charge < -0.3 is 15.3 Å². The number of aliphatic carboxylic acids is 1. The summed E-state index contributed by atoms with van der Waals surface area (Å²) in [7, 11) is 0. The third kappa shape index (κ3) is 2.74. The second-order valence-electron chi connectivity index (χ2n) is 2.89. The van der Waals surface area contributed by atoms with E-state index in [1.54, 1.807) is 0 Å². The van der Waals surface area contributed by atoms with Crippen LogP contribution in [0.4, 0.5) is 4.39 Å². The predicted octanol–water partition coefficient (Wildman–Crippen LogP) is 1.07. The number of benzene rings is 1. The van der Waals surface area contributed by atoms with Crippen molar-refractivity contribution in [2.45, 2.75) is 12.2 Å². The second kappa shape index (κ2) is 4.69. The first kappa shape index (κ1) is 12.1. The van der Waals surface area contributed by atoms with Crippen LogP contribution in [0.1, 0.15) is 11.7 Å². The number of rotatable bonds is 3. The van der Waals surface area contributed by atoms with Gasteiger partial charge in [-0.1, -0.05) is 22.0 Å². The fourth-order valence-electron chi connectivity index (χ4n) is 1.05. The number of carboxylic acid groups (broad SMARTS) is 1. The van der Waals surface area contributed by atoms with E-state index in [2.05, 4.69) is 15.9 Å². The molecule has 1 aromatic carbocycles. The van der Waals surface area contributed by atoms with Crippen LogP contribution >= 0.6 is 15.9 Å². The molecule has 0 heterocycles. The van der Waals surface area contributed by atoms with E-state index in [-0.39, 0.29) is 5.56 Å². The molecule has 0 amide bonds. The standard InChI is InChI=1S/C9H8BrFO4/c10-4-1-2-5(6(11)3-4)7(12)8(13)9(14)15/h1-3,7-8,12-13H,(H,14,15). The maximum absolute atomic E-state index is 13.2. The van der Waals surface area contributed by atoms with Gasteiger partial charge in [0, 0.05) is 10.0 Å². The Morgan fingerprint density at radius 3 is 2.47 bits per heavy atom. The number of hydrogen-bond acceptors (Lipinski definition) is 3.